The van der Waals surface area contributed by atoms with Gasteiger partial charge in [-0.25, -0.2) is 0 Å². The van der Waals surface area contributed by atoms with E-state index in [0.29, 0.717) is 12.4 Å². The van der Waals surface area contributed by atoms with Crippen LogP contribution < -0.4 is 14.2 Å². The zero-order valence-corrected chi connectivity index (χ0v) is 17.4. The van der Waals surface area contributed by atoms with Crippen LogP contribution >= 0.6 is 0 Å². The number of carbonyl (C=O) groups is 2. The monoisotopic (exact) mass is 378 g/mol. The first-order valence-corrected chi connectivity index (χ1v) is 10.0. The molecule has 1 aromatic rings. The molecule has 5 heteroatoms. The Kier molecular flexibility index (Phi) is 10.5. The highest BCUT2D eigenvalue weighted by atomic mass is 16.6. The molecule has 0 saturated carbocycles. The van der Waals surface area contributed by atoms with E-state index in [0.717, 1.165) is 12.8 Å². The fourth-order valence-electron chi connectivity index (χ4n) is 2.27. The summed E-state index contributed by atoms with van der Waals surface area (Å²) >= 11 is 0. The van der Waals surface area contributed by atoms with Gasteiger partial charge in [0, 0.05) is 6.07 Å². The molecule has 152 valence electrons. The third-order valence-electron chi connectivity index (χ3n) is 4.05. The van der Waals surface area contributed by atoms with Crippen molar-refractivity contribution in [2.75, 3.05) is 6.61 Å². The largest absolute Gasteiger partial charge is 0.493 e. The zero-order valence-electron chi connectivity index (χ0n) is 17.4. The van der Waals surface area contributed by atoms with Gasteiger partial charge < -0.3 is 14.2 Å². The van der Waals surface area contributed by atoms with E-state index < -0.39 is 0 Å². The lowest BCUT2D eigenvalue weighted by Crippen LogP contribution is -2.18. The normalized spacial score (nSPS) is 10.9. The summed E-state index contributed by atoms with van der Waals surface area (Å²) in [6, 6.07) is 4.95. The van der Waals surface area contributed by atoms with E-state index in [1.165, 1.54) is 25.7 Å². The van der Waals surface area contributed by atoms with Crippen LogP contribution in [0.15, 0.2) is 18.2 Å². The van der Waals surface area contributed by atoms with Crippen molar-refractivity contribution in [3.63, 3.8) is 0 Å². The van der Waals surface area contributed by atoms with Gasteiger partial charge in [-0.3, -0.25) is 9.59 Å². The van der Waals surface area contributed by atoms with Crippen LogP contribution in [-0.4, -0.2) is 18.5 Å². The lowest BCUT2D eigenvalue weighted by atomic mass is 10.1. The molecule has 0 aromatic heterocycles. The van der Waals surface area contributed by atoms with Crippen molar-refractivity contribution in [1.82, 2.24) is 0 Å². The summed E-state index contributed by atoms with van der Waals surface area (Å²) in [6.45, 7) is 9.81. The summed E-state index contributed by atoms with van der Waals surface area (Å²) in [5.41, 5.74) is 0. The van der Waals surface area contributed by atoms with E-state index in [4.69, 9.17) is 14.2 Å². The Labute approximate surface area is 163 Å². The highest BCUT2D eigenvalue weighted by Gasteiger charge is 2.18. The maximum atomic E-state index is 12.0. The Hall–Kier alpha value is -2.04. The first-order chi connectivity index (χ1) is 12.8. The van der Waals surface area contributed by atoms with Gasteiger partial charge in [0.1, 0.15) is 5.75 Å². The number of hydrogen-bond acceptors (Lipinski definition) is 5. The molecular formula is C22H34O5. The van der Waals surface area contributed by atoms with Crippen molar-refractivity contribution in [3.8, 4) is 17.2 Å². The van der Waals surface area contributed by atoms with Gasteiger partial charge in [-0.1, -0.05) is 66.7 Å². The van der Waals surface area contributed by atoms with Crippen molar-refractivity contribution in [2.24, 2.45) is 11.8 Å². The molecule has 0 amide bonds. The summed E-state index contributed by atoms with van der Waals surface area (Å²) < 4.78 is 16.5. The number of esters is 2. The van der Waals surface area contributed by atoms with Crippen LogP contribution in [0.2, 0.25) is 0 Å². The Bertz CT molecular complexity index is 592. The number of benzene rings is 1. The minimum absolute atomic E-state index is 0.211. The van der Waals surface area contributed by atoms with E-state index in [2.05, 4.69) is 6.92 Å². The minimum Gasteiger partial charge on any atom is -0.493 e. The zero-order chi connectivity index (χ0) is 20.2. The third-order valence-corrected chi connectivity index (χ3v) is 4.05. The van der Waals surface area contributed by atoms with Crippen molar-refractivity contribution < 1.29 is 23.8 Å². The quantitative estimate of drug-likeness (QED) is 0.271. The molecule has 0 aliphatic carbocycles. The fraction of sp³-hybridized carbons (Fsp3) is 0.636. The van der Waals surface area contributed by atoms with E-state index in [1.807, 2.05) is 0 Å². The average molecular weight is 379 g/mol. The van der Waals surface area contributed by atoms with Crippen LogP contribution in [0.1, 0.15) is 73.1 Å². The van der Waals surface area contributed by atoms with Crippen LogP contribution in [-0.2, 0) is 9.59 Å². The molecule has 0 fully saturated rings. The van der Waals surface area contributed by atoms with Crippen molar-refractivity contribution in [3.05, 3.63) is 18.2 Å². The van der Waals surface area contributed by atoms with Crippen LogP contribution in [0.3, 0.4) is 0 Å². The van der Waals surface area contributed by atoms with Crippen LogP contribution in [0, 0.1) is 11.8 Å². The van der Waals surface area contributed by atoms with Gasteiger partial charge in [-0.15, -0.1) is 0 Å². The number of unbranched alkanes of at least 4 members (excludes halogenated alkanes) is 5. The molecule has 0 unspecified atom stereocenters. The van der Waals surface area contributed by atoms with Gasteiger partial charge in [0.05, 0.1) is 18.4 Å². The van der Waals surface area contributed by atoms with Gasteiger partial charge in [0.15, 0.2) is 11.5 Å². The highest BCUT2D eigenvalue weighted by molar-refractivity contribution is 5.78. The highest BCUT2D eigenvalue weighted by Crippen LogP contribution is 2.33. The molecule has 0 atom stereocenters. The van der Waals surface area contributed by atoms with Gasteiger partial charge in [0.25, 0.3) is 0 Å². The van der Waals surface area contributed by atoms with Crippen LogP contribution in [0.4, 0.5) is 0 Å². The summed E-state index contributed by atoms with van der Waals surface area (Å²) in [4.78, 5) is 23.9. The predicted octanol–water partition coefficient (Wildman–Crippen LogP) is 5.55. The lowest BCUT2D eigenvalue weighted by molar-refractivity contribution is -0.140. The molecule has 0 saturated heterocycles. The Balaban J connectivity index is 2.71. The van der Waals surface area contributed by atoms with Crippen molar-refractivity contribution >= 4 is 11.9 Å². The molecule has 0 aliphatic rings. The molecule has 1 aromatic carbocycles. The Morgan fingerprint density at radius 1 is 0.815 bits per heavy atom. The maximum Gasteiger partial charge on any atom is 0.313 e. The fourth-order valence-corrected chi connectivity index (χ4v) is 2.27. The number of hydrogen-bond donors (Lipinski definition) is 0. The lowest BCUT2D eigenvalue weighted by Gasteiger charge is -2.14. The molecule has 0 N–H and O–H groups in total. The van der Waals surface area contributed by atoms with Crippen molar-refractivity contribution in [1.29, 1.82) is 0 Å². The number of rotatable bonds is 12. The van der Waals surface area contributed by atoms with Crippen LogP contribution in [0.25, 0.3) is 0 Å². The second kappa shape index (κ2) is 12.4. The van der Waals surface area contributed by atoms with E-state index in [1.54, 1.807) is 45.9 Å². The second-order valence-electron chi connectivity index (χ2n) is 7.38. The second-order valence-corrected chi connectivity index (χ2v) is 7.38. The van der Waals surface area contributed by atoms with Crippen molar-refractivity contribution in [2.45, 2.75) is 73.1 Å². The van der Waals surface area contributed by atoms with Gasteiger partial charge in [0.2, 0.25) is 0 Å². The molecule has 5 nitrogen and oxygen atoms in total. The summed E-state index contributed by atoms with van der Waals surface area (Å²) in [7, 11) is 0. The summed E-state index contributed by atoms with van der Waals surface area (Å²) in [5.74, 6) is -0.284. The molecule has 27 heavy (non-hydrogen) atoms. The van der Waals surface area contributed by atoms with Gasteiger partial charge in [-0.05, 0) is 18.6 Å². The van der Waals surface area contributed by atoms with Crippen LogP contribution in [0.5, 0.6) is 17.2 Å². The first-order valence-electron chi connectivity index (χ1n) is 10.0. The standard InChI is InChI=1S/C22H34O5/c1-6-7-8-9-10-11-14-25-18-12-13-19(26-21(23)16(2)3)20(15-18)27-22(24)17(4)5/h12-13,15-17H,6-11,14H2,1-5H3. The Morgan fingerprint density at radius 2 is 1.37 bits per heavy atom. The predicted molar refractivity (Wildman–Crippen MR) is 106 cm³/mol. The SMILES string of the molecule is CCCCCCCCOc1ccc(OC(=O)C(C)C)c(OC(=O)C(C)C)c1. The molecule has 0 heterocycles. The molecular weight excluding hydrogens is 344 g/mol. The third kappa shape index (κ3) is 8.94. The Morgan fingerprint density at radius 3 is 1.96 bits per heavy atom. The van der Waals surface area contributed by atoms with Gasteiger partial charge in [-0.2, -0.15) is 0 Å². The molecule has 0 aliphatic heterocycles. The molecule has 1 rings (SSSR count). The summed E-state index contributed by atoms with van der Waals surface area (Å²) in [5, 5.41) is 0. The molecule has 0 spiro atoms. The van der Waals surface area contributed by atoms with Gasteiger partial charge >= 0.3 is 11.9 Å². The molecule has 0 radical (unpaired) electrons. The number of ether oxygens (including phenoxy) is 3. The smallest absolute Gasteiger partial charge is 0.313 e. The first kappa shape index (κ1) is 23.0. The van der Waals surface area contributed by atoms with E-state index in [9.17, 15) is 9.59 Å². The van der Waals surface area contributed by atoms with E-state index >= 15 is 0 Å². The minimum atomic E-state index is -0.384. The molecule has 0 bridgehead atoms. The average Bonchev–Trinajstić information content (AvgIpc) is 2.62. The van der Waals surface area contributed by atoms with E-state index in [-0.39, 0.29) is 35.3 Å². The topological polar surface area (TPSA) is 61.8 Å². The number of carbonyl (C=O) groups excluding carboxylic acids is 2. The summed E-state index contributed by atoms with van der Waals surface area (Å²) in [6.07, 6.45) is 7.12. The maximum absolute atomic E-state index is 12.0.